The zero-order chi connectivity index (χ0) is 10.4. The molecule has 0 aromatic carbocycles. The predicted octanol–water partition coefficient (Wildman–Crippen LogP) is -1.14. The average molecular weight is 202 g/mol. The Hall–Kier alpha value is -0.650. The van der Waals surface area contributed by atoms with Gasteiger partial charge in [0.2, 0.25) is 5.91 Å². The molecule has 1 aliphatic rings. The fourth-order valence-corrected chi connectivity index (χ4v) is 1.19. The van der Waals surface area contributed by atoms with Crippen LogP contribution < -0.4 is 10.6 Å². The number of carbonyl (C=O) groups excluding carboxylic acids is 1. The van der Waals surface area contributed by atoms with Crippen LogP contribution in [0.3, 0.4) is 0 Å². The van der Waals surface area contributed by atoms with Crippen LogP contribution in [0.1, 0.15) is 12.8 Å². The first-order valence-electron chi connectivity index (χ1n) is 4.84. The summed E-state index contributed by atoms with van der Waals surface area (Å²) in [5, 5.41) is 14.7. The minimum atomic E-state index is -0.306. The second kappa shape index (κ2) is 5.29. The monoisotopic (exact) mass is 202 g/mol. The summed E-state index contributed by atoms with van der Waals surface area (Å²) in [5.74, 6) is -0.0624. The Morgan fingerprint density at radius 3 is 2.79 bits per heavy atom. The first kappa shape index (κ1) is 11.4. The average Bonchev–Trinajstić information content (AvgIpc) is 2.93. The van der Waals surface area contributed by atoms with Gasteiger partial charge >= 0.3 is 0 Å². The zero-order valence-electron chi connectivity index (χ0n) is 8.51. The van der Waals surface area contributed by atoms with E-state index in [1.165, 1.54) is 0 Å². The van der Waals surface area contributed by atoms with E-state index in [1.807, 2.05) is 0 Å². The molecule has 0 aliphatic heterocycles. The number of aliphatic hydroxyl groups excluding tert-OH is 1. The van der Waals surface area contributed by atoms with Crippen molar-refractivity contribution in [1.29, 1.82) is 0 Å². The van der Waals surface area contributed by atoms with Crippen molar-refractivity contribution < 1.29 is 14.6 Å². The lowest BCUT2D eigenvalue weighted by molar-refractivity contribution is -0.121. The molecule has 5 heteroatoms. The molecule has 0 aromatic rings. The standard InChI is InChI=1S/C9H18N2O3/c1-14-5-4-10-6-8(13)11-9(7-12)2-3-9/h10,12H,2-7H2,1H3,(H,11,13). The van der Waals surface area contributed by atoms with Gasteiger partial charge in [-0.3, -0.25) is 4.79 Å². The molecule has 1 amide bonds. The lowest BCUT2D eigenvalue weighted by atomic mass is 10.3. The largest absolute Gasteiger partial charge is 0.394 e. The van der Waals surface area contributed by atoms with Gasteiger partial charge in [0.15, 0.2) is 0 Å². The maximum atomic E-state index is 11.3. The molecule has 1 rings (SSSR count). The van der Waals surface area contributed by atoms with Crippen LogP contribution in [-0.4, -0.2) is 50.0 Å². The van der Waals surface area contributed by atoms with Crippen LogP contribution in [0.15, 0.2) is 0 Å². The number of amides is 1. The number of ether oxygens (including phenoxy) is 1. The van der Waals surface area contributed by atoms with Crippen LogP contribution in [0.4, 0.5) is 0 Å². The van der Waals surface area contributed by atoms with Gasteiger partial charge in [0.25, 0.3) is 0 Å². The van der Waals surface area contributed by atoms with Crippen molar-refractivity contribution >= 4 is 5.91 Å². The minimum absolute atomic E-state index is 0.0385. The molecule has 0 atom stereocenters. The summed E-state index contributed by atoms with van der Waals surface area (Å²) in [6, 6.07) is 0. The zero-order valence-corrected chi connectivity index (χ0v) is 8.51. The van der Waals surface area contributed by atoms with E-state index in [0.29, 0.717) is 13.2 Å². The van der Waals surface area contributed by atoms with E-state index in [4.69, 9.17) is 9.84 Å². The molecule has 5 nitrogen and oxygen atoms in total. The molecule has 1 fully saturated rings. The third kappa shape index (κ3) is 3.61. The number of hydrogen-bond acceptors (Lipinski definition) is 4. The van der Waals surface area contributed by atoms with Crippen LogP contribution in [-0.2, 0) is 9.53 Å². The van der Waals surface area contributed by atoms with Gasteiger partial charge in [0.1, 0.15) is 0 Å². The van der Waals surface area contributed by atoms with Crippen molar-refractivity contribution in [3.63, 3.8) is 0 Å². The highest BCUT2D eigenvalue weighted by molar-refractivity contribution is 5.79. The molecule has 82 valence electrons. The molecule has 0 heterocycles. The maximum Gasteiger partial charge on any atom is 0.234 e. The molecule has 0 aromatic heterocycles. The molecule has 14 heavy (non-hydrogen) atoms. The van der Waals surface area contributed by atoms with Crippen molar-refractivity contribution in [3.05, 3.63) is 0 Å². The number of rotatable bonds is 7. The highest BCUT2D eigenvalue weighted by atomic mass is 16.5. The molecule has 1 aliphatic carbocycles. The summed E-state index contributed by atoms with van der Waals surface area (Å²) in [6.07, 6.45) is 1.76. The van der Waals surface area contributed by atoms with Crippen molar-refractivity contribution in [2.75, 3.05) is 33.4 Å². The lowest BCUT2D eigenvalue weighted by Crippen LogP contribution is -2.44. The van der Waals surface area contributed by atoms with Crippen LogP contribution in [0.25, 0.3) is 0 Å². The van der Waals surface area contributed by atoms with Gasteiger partial charge in [0, 0.05) is 13.7 Å². The van der Waals surface area contributed by atoms with E-state index in [-0.39, 0.29) is 24.6 Å². The van der Waals surface area contributed by atoms with Gasteiger partial charge < -0.3 is 20.5 Å². The van der Waals surface area contributed by atoms with E-state index < -0.39 is 0 Å². The quantitative estimate of drug-likeness (QED) is 0.457. The number of methoxy groups -OCH3 is 1. The Bertz CT molecular complexity index is 192. The summed E-state index contributed by atoms with van der Waals surface area (Å²) < 4.78 is 4.82. The molecule has 0 spiro atoms. The number of nitrogens with one attached hydrogen (secondary N) is 2. The topological polar surface area (TPSA) is 70.6 Å². The van der Waals surface area contributed by atoms with E-state index in [0.717, 1.165) is 12.8 Å². The molecule has 0 bridgehead atoms. The number of hydrogen-bond donors (Lipinski definition) is 3. The first-order valence-corrected chi connectivity index (χ1v) is 4.84. The Balaban J connectivity index is 2.04. The molecular weight excluding hydrogens is 184 g/mol. The van der Waals surface area contributed by atoms with Crippen molar-refractivity contribution in [1.82, 2.24) is 10.6 Å². The van der Waals surface area contributed by atoms with E-state index in [1.54, 1.807) is 7.11 Å². The number of aliphatic hydroxyl groups is 1. The highest BCUT2D eigenvalue weighted by Gasteiger charge is 2.43. The first-order chi connectivity index (χ1) is 6.72. The smallest absolute Gasteiger partial charge is 0.234 e. The normalized spacial score (nSPS) is 17.9. The van der Waals surface area contributed by atoms with Gasteiger partial charge in [-0.2, -0.15) is 0 Å². The van der Waals surface area contributed by atoms with Crippen molar-refractivity contribution in [2.24, 2.45) is 0 Å². The molecule has 1 saturated carbocycles. The van der Waals surface area contributed by atoms with Crippen LogP contribution >= 0.6 is 0 Å². The van der Waals surface area contributed by atoms with Gasteiger partial charge in [-0.25, -0.2) is 0 Å². The Kier molecular flexibility index (Phi) is 4.31. The summed E-state index contributed by atoms with van der Waals surface area (Å²) in [5.41, 5.74) is -0.306. The second-order valence-electron chi connectivity index (χ2n) is 3.66. The van der Waals surface area contributed by atoms with E-state index in [9.17, 15) is 4.79 Å². The summed E-state index contributed by atoms with van der Waals surface area (Å²) in [4.78, 5) is 11.3. The lowest BCUT2D eigenvalue weighted by Gasteiger charge is -2.14. The van der Waals surface area contributed by atoms with Gasteiger partial charge in [-0.1, -0.05) is 0 Å². The predicted molar refractivity (Wildman–Crippen MR) is 51.9 cm³/mol. The Labute approximate surface area is 83.8 Å². The van der Waals surface area contributed by atoms with Gasteiger partial charge in [0.05, 0.1) is 25.3 Å². The van der Waals surface area contributed by atoms with E-state index >= 15 is 0 Å². The highest BCUT2D eigenvalue weighted by Crippen LogP contribution is 2.34. The summed E-state index contributed by atoms with van der Waals surface area (Å²) in [6.45, 7) is 1.58. The minimum Gasteiger partial charge on any atom is -0.394 e. The van der Waals surface area contributed by atoms with Crippen molar-refractivity contribution in [2.45, 2.75) is 18.4 Å². The third-order valence-corrected chi connectivity index (χ3v) is 2.33. The molecule has 0 radical (unpaired) electrons. The third-order valence-electron chi connectivity index (χ3n) is 2.33. The number of carbonyl (C=O) groups is 1. The molecule has 0 unspecified atom stereocenters. The van der Waals surface area contributed by atoms with Gasteiger partial charge in [-0.15, -0.1) is 0 Å². The molecular formula is C9H18N2O3. The van der Waals surface area contributed by atoms with Crippen LogP contribution in [0, 0.1) is 0 Å². The van der Waals surface area contributed by atoms with Crippen molar-refractivity contribution in [3.8, 4) is 0 Å². The fourth-order valence-electron chi connectivity index (χ4n) is 1.19. The Morgan fingerprint density at radius 1 is 1.57 bits per heavy atom. The van der Waals surface area contributed by atoms with Crippen LogP contribution in [0.5, 0.6) is 0 Å². The second-order valence-corrected chi connectivity index (χ2v) is 3.66. The maximum absolute atomic E-state index is 11.3. The van der Waals surface area contributed by atoms with Gasteiger partial charge in [-0.05, 0) is 12.8 Å². The summed E-state index contributed by atoms with van der Waals surface area (Å²) in [7, 11) is 1.62. The molecule has 0 saturated heterocycles. The molecule has 3 N–H and O–H groups in total. The summed E-state index contributed by atoms with van der Waals surface area (Å²) >= 11 is 0. The Morgan fingerprint density at radius 2 is 2.29 bits per heavy atom. The fraction of sp³-hybridized carbons (Fsp3) is 0.889. The SMILES string of the molecule is COCCNCC(=O)NC1(CO)CC1. The van der Waals surface area contributed by atoms with E-state index in [2.05, 4.69) is 10.6 Å². The van der Waals surface area contributed by atoms with Crippen LogP contribution in [0.2, 0.25) is 0 Å².